The Labute approximate surface area is 399 Å². The van der Waals surface area contributed by atoms with E-state index in [0.717, 1.165) is 50.7 Å². The van der Waals surface area contributed by atoms with Crippen LogP contribution in [0.5, 0.6) is 0 Å². The monoisotopic (exact) mass is 877 g/mol. The maximum atomic E-state index is 4.78. The van der Waals surface area contributed by atoms with E-state index < -0.39 is 0 Å². The standard InChI is InChI=1S/C63H51N5/c1-42-21-17-18-38-65(48-36-37-51-50-30-11-14-33-54(50)63(2,3)55(51)41-48)59-53-32-13-16-35-57(53)66(56-34-15-12-31-52(56)58(42)59)49-29-20-28-47(40-49)61-64(4)60(67-62(68(61)67)44-24-9-6-10-25-44)46-27-19-26-45(39-46)43-22-7-5-8-23-43/h5-41,60-62H,1H2,2-4H3/b21-17-,38-18-. The smallest absolute Gasteiger partial charge is 0.119 e. The molecule has 1 aliphatic carbocycles. The first-order valence-electron chi connectivity index (χ1n) is 23.8. The van der Waals surface area contributed by atoms with Gasteiger partial charge in [-0.15, -0.1) is 0 Å². The van der Waals surface area contributed by atoms with Gasteiger partial charge in [-0.3, -0.25) is 4.90 Å². The Kier molecular flexibility index (Phi) is 9.31. The number of nitrogens with zero attached hydrogens (tertiary/aromatic N) is 5. The summed E-state index contributed by atoms with van der Waals surface area (Å²) >= 11 is 0. The molecule has 328 valence electrons. The van der Waals surface area contributed by atoms with Gasteiger partial charge in [0, 0.05) is 39.7 Å². The molecule has 8 aromatic carbocycles. The van der Waals surface area contributed by atoms with Crippen molar-refractivity contribution in [1.82, 2.24) is 14.9 Å². The number of benzene rings is 8. The number of fused-ring (bicyclic) bond motifs is 8. The minimum Gasteiger partial charge on any atom is -0.316 e. The topological polar surface area (TPSA) is 15.7 Å². The van der Waals surface area contributed by atoms with Crippen molar-refractivity contribution in [3.05, 3.63) is 276 Å². The van der Waals surface area contributed by atoms with Crippen LogP contribution >= 0.6 is 0 Å². The van der Waals surface area contributed by atoms with Crippen LogP contribution in [0.25, 0.3) is 33.5 Å². The molecule has 2 saturated heterocycles. The van der Waals surface area contributed by atoms with E-state index in [-0.39, 0.29) is 23.9 Å². The first-order valence-corrected chi connectivity index (χ1v) is 23.8. The van der Waals surface area contributed by atoms with E-state index in [9.17, 15) is 0 Å². The van der Waals surface area contributed by atoms with Gasteiger partial charge in [-0.25, -0.2) is 0 Å². The minimum atomic E-state index is -0.139. The number of anilines is 4. The maximum Gasteiger partial charge on any atom is 0.119 e. The fourth-order valence-corrected chi connectivity index (χ4v) is 11.8. The SMILES string of the molecule is C=C1/C=C\C=C/N(c2ccc3c(c2)C(C)(C)c2ccccc2-3)C2=C1c1ccccc1N(c1cccc(C3N(C)C(c4cccc(-c5ccccc5)c4)N4C(c5ccccc5)N34)c1)c1ccccc12. The molecule has 0 aromatic heterocycles. The average Bonchev–Trinajstić information content (AvgIpc) is 3.97. The molecule has 5 heteroatoms. The Hall–Kier alpha value is -7.80. The summed E-state index contributed by atoms with van der Waals surface area (Å²) in [6.07, 6.45) is 8.82. The summed E-state index contributed by atoms with van der Waals surface area (Å²) < 4.78 is 0. The molecular formula is C63H51N5. The number of para-hydroxylation sites is 2. The van der Waals surface area contributed by atoms with E-state index in [4.69, 9.17) is 6.58 Å². The molecule has 4 heterocycles. The highest BCUT2D eigenvalue weighted by Crippen LogP contribution is 2.62. The van der Waals surface area contributed by atoms with Crippen LogP contribution in [0.1, 0.15) is 71.3 Å². The Bertz CT molecular complexity index is 3420. The van der Waals surface area contributed by atoms with Crippen LogP contribution in [0, 0.1) is 0 Å². The lowest BCUT2D eigenvalue weighted by molar-refractivity contribution is 0.144. The van der Waals surface area contributed by atoms with Crippen LogP contribution in [0.15, 0.2) is 237 Å². The van der Waals surface area contributed by atoms with Gasteiger partial charge in [-0.2, -0.15) is 10.0 Å². The number of rotatable bonds is 6. The van der Waals surface area contributed by atoms with Gasteiger partial charge in [-0.05, 0) is 111 Å². The van der Waals surface area contributed by atoms with Crippen molar-refractivity contribution in [3.8, 4) is 22.3 Å². The number of allylic oxidation sites excluding steroid dienone is 5. The Morgan fingerprint density at radius 2 is 1.04 bits per heavy atom. The van der Waals surface area contributed by atoms with Crippen molar-refractivity contribution < 1.29 is 0 Å². The third kappa shape index (κ3) is 6.20. The zero-order valence-electron chi connectivity index (χ0n) is 38.5. The Morgan fingerprint density at radius 1 is 0.456 bits per heavy atom. The van der Waals surface area contributed by atoms with E-state index in [1.807, 2.05) is 0 Å². The molecule has 0 radical (unpaired) electrons. The lowest BCUT2D eigenvalue weighted by Gasteiger charge is -2.32. The molecule has 13 rings (SSSR count). The second-order valence-electron chi connectivity index (χ2n) is 19.1. The second-order valence-corrected chi connectivity index (χ2v) is 19.1. The zero-order valence-corrected chi connectivity index (χ0v) is 38.5. The predicted molar refractivity (Wildman–Crippen MR) is 280 cm³/mol. The van der Waals surface area contributed by atoms with E-state index in [1.165, 1.54) is 50.1 Å². The molecule has 5 atom stereocenters. The van der Waals surface area contributed by atoms with Gasteiger partial charge in [0.05, 0.1) is 17.1 Å². The first-order chi connectivity index (χ1) is 33.4. The van der Waals surface area contributed by atoms with Gasteiger partial charge in [0.1, 0.15) is 18.5 Å². The second kappa shape index (κ2) is 15.6. The quantitative estimate of drug-likeness (QED) is 0.154. The van der Waals surface area contributed by atoms with Crippen LogP contribution in [-0.4, -0.2) is 22.0 Å². The summed E-state index contributed by atoms with van der Waals surface area (Å²) in [5, 5.41) is 5.14. The molecule has 0 N–H and O–H groups in total. The number of hydrazine groups is 1. The van der Waals surface area contributed by atoms with Crippen LogP contribution < -0.4 is 9.80 Å². The summed E-state index contributed by atoms with van der Waals surface area (Å²) in [5.74, 6) is 0. The lowest BCUT2D eigenvalue weighted by atomic mass is 9.82. The number of hydrogen-bond acceptors (Lipinski definition) is 5. The molecule has 0 spiro atoms. The number of hydrogen-bond donors (Lipinski definition) is 0. The summed E-state index contributed by atoms with van der Waals surface area (Å²) in [6, 6.07) is 73.8. The van der Waals surface area contributed by atoms with Crippen LogP contribution in [0.4, 0.5) is 22.7 Å². The Morgan fingerprint density at radius 3 is 1.81 bits per heavy atom. The molecule has 0 saturated carbocycles. The maximum absolute atomic E-state index is 4.78. The van der Waals surface area contributed by atoms with Gasteiger partial charge < -0.3 is 9.80 Å². The fraction of sp³-hybridized carbons (Fsp3) is 0.111. The lowest BCUT2D eigenvalue weighted by Crippen LogP contribution is -2.30. The molecular weight excluding hydrogens is 827 g/mol. The van der Waals surface area contributed by atoms with Crippen molar-refractivity contribution in [2.45, 2.75) is 37.8 Å². The van der Waals surface area contributed by atoms with Crippen molar-refractivity contribution in [3.63, 3.8) is 0 Å². The highest BCUT2D eigenvalue weighted by atomic mass is 16.0. The van der Waals surface area contributed by atoms with Crippen LogP contribution in [0.3, 0.4) is 0 Å². The van der Waals surface area contributed by atoms with Gasteiger partial charge >= 0.3 is 0 Å². The largest absolute Gasteiger partial charge is 0.316 e. The molecule has 4 aliphatic heterocycles. The molecule has 5 unspecified atom stereocenters. The normalized spacial score (nSPS) is 22.7. The summed E-state index contributed by atoms with van der Waals surface area (Å²) in [4.78, 5) is 7.42. The van der Waals surface area contributed by atoms with Crippen LogP contribution in [0.2, 0.25) is 0 Å². The van der Waals surface area contributed by atoms with Crippen molar-refractivity contribution in [2.75, 3.05) is 16.8 Å². The van der Waals surface area contributed by atoms with Crippen molar-refractivity contribution >= 4 is 34.0 Å². The first kappa shape index (κ1) is 40.5. The van der Waals surface area contributed by atoms with Gasteiger partial charge in [0.25, 0.3) is 0 Å². The molecule has 5 aliphatic rings. The molecule has 0 bridgehead atoms. The fourth-order valence-electron chi connectivity index (χ4n) is 11.8. The average molecular weight is 878 g/mol. The molecule has 68 heavy (non-hydrogen) atoms. The third-order valence-corrected chi connectivity index (χ3v) is 14.9. The van der Waals surface area contributed by atoms with Gasteiger partial charge in [0.2, 0.25) is 0 Å². The van der Waals surface area contributed by atoms with Crippen LogP contribution in [-0.2, 0) is 5.41 Å². The Balaban J connectivity index is 0.944. The summed E-state index contributed by atoms with van der Waals surface area (Å²) in [5.41, 5.74) is 21.3. The summed E-state index contributed by atoms with van der Waals surface area (Å²) in [7, 11) is 2.28. The van der Waals surface area contributed by atoms with E-state index >= 15 is 0 Å². The van der Waals surface area contributed by atoms with Gasteiger partial charge in [-0.1, -0.05) is 190 Å². The molecule has 8 aromatic rings. The van der Waals surface area contributed by atoms with Crippen molar-refractivity contribution in [2.24, 2.45) is 0 Å². The third-order valence-electron chi connectivity index (χ3n) is 14.9. The highest BCUT2D eigenvalue weighted by molar-refractivity contribution is 6.12. The summed E-state index contributed by atoms with van der Waals surface area (Å²) in [6.45, 7) is 9.50. The van der Waals surface area contributed by atoms with E-state index in [2.05, 4.69) is 270 Å². The predicted octanol–water partition coefficient (Wildman–Crippen LogP) is 15.3. The molecule has 5 nitrogen and oxygen atoms in total. The van der Waals surface area contributed by atoms with Gasteiger partial charge in [0.15, 0.2) is 0 Å². The minimum absolute atomic E-state index is 0.0119. The zero-order chi connectivity index (χ0) is 45.7. The van der Waals surface area contributed by atoms with E-state index in [1.54, 1.807) is 0 Å². The molecule has 2 fully saturated rings. The van der Waals surface area contributed by atoms with E-state index in [0.29, 0.717) is 0 Å². The van der Waals surface area contributed by atoms with Crippen molar-refractivity contribution in [1.29, 1.82) is 0 Å². The highest BCUT2D eigenvalue weighted by Gasteiger charge is 2.63. The molecule has 0 amide bonds.